The van der Waals surface area contributed by atoms with Gasteiger partial charge in [0, 0.05) is 14.6 Å². The Labute approximate surface area is 284 Å². The zero-order valence-electron chi connectivity index (χ0n) is 26.6. The molecule has 0 radical (unpaired) electrons. The summed E-state index contributed by atoms with van der Waals surface area (Å²) >= 11 is 6.74. The summed E-state index contributed by atoms with van der Waals surface area (Å²) in [6.07, 6.45) is 21.1. The molecule has 45 heavy (non-hydrogen) atoms. The van der Waals surface area contributed by atoms with E-state index >= 15 is 0 Å². The van der Waals surface area contributed by atoms with Crippen molar-refractivity contribution in [2.24, 2.45) is 0 Å². The van der Waals surface area contributed by atoms with E-state index < -0.39 is 5.97 Å². The summed E-state index contributed by atoms with van der Waals surface area (Å²) in [5, 5.41) is 22.7. The molecule has 0 bridgehead atoms. The predicted octanol–water partition coefficient (Wildman–Crippen LogP) is 12.3. The zero-order valence-corrected chi connectivity index (χ0v) is 29.9. The molecule has 0 amide bonds. The van der Waals surface area contributed by atoms with Crippen molar-refractivity contribution in [1.29, 1.82) is 5.26 Å². The molecule has 0 aliphatic rings. The van der Waals surface area contributed by atoms with Gasteiger partial charge in [0.2, 0.25) is 0 Å². The van der Waals surface area contributed by atoms with Gasteiger partial charge in [0.15, 0.2) is 10.0 Å². The van der Waals surface area contributed by atoms with Crippen LogP contribution in [-0.2, 0) is 17.6 Å². The maximum absolute atomic E-state index is 11.4. The lowest BCUT2D eigenvalue weighted by atomic mass is 10.1. The minimum atomic E-state index is -1.20. The molecule has 0 saturated carbocycles. The number of aromatic nitrogens is 2. The van der Waals surface area contributed by atoms with Gasteiger partial charge in [0.1, 0.15) is 11.6 Å². The highest BCUT2D eigenvalue weighted by atomic mass is 32.1. The third-order valence-electron chi connectivity index (χ3n) is 7.84. The van der Waals surface area contributed by atoms with Crippen LogP contribution in [0.3, 0.4) is 0 Å². The summed E-state index contributed by atoms with van der Waals surface area (Å²) in [5.74, 6) is -1.20. The quantitative estimate of drug-likeness (QED) is 0.0538. The second-order valence-corrected chi connectivity index (χ2v) is 15.5. The van der Waals surface area contributed by atoms with E-state index in [2.05, 4.69) is 31.4 Å². The SMILES string of the molecule is CCCCCCCCCc1nc(-c2nc(CCCCCCCCC)c(-c3ccc(/C=C(\C#N)C(=O)O)s3)s2)sc1-c1cccs1. The Morgan fingerprint density at radius 2 is 1.29 bits per heavy atom. The highest BCUT2D eigenvalue weighted by Crippen LogP contribution is 2.44. The number of hydrogen-bond donors (Lipinski definition) is 1. The smallest absolute Gasteiger partial charge is 0.346 e. The van der Waals surface area contributed by atoms with Gasteiger partial charge in [0.25, 0.3) is 0 Å². The molecule has 4 aromatic heterocycles. The van der Waals surface area contributed by atoms with E-state index in [1.807, 2.05) is 12.1 Å². The van der Waals surface area contributed by atoms with Crippen LogP contribution in [0.2, 0.25) is 0 Å². The van der Waals surface area contributed by atoms with Crippen LogP contribution in [0.15, 0.2) is 35.2 Å². The van der Waals surface area contributed by atoms with E-state index in [4.69, 9.17) is 9.97 Å². The van der Waals surface area contributed by atoms with Crippen LogP contribution in [0.5, 0.6) is 0 Å². The van der Waals surface area contributed by atoms with Gasteiger partial charge in [-0.1, -0.05) is 97.0 Å². The van der Waals surface area contributed by atoms with Gasteiger partial charge in [-0.15, -0.1) is 45.3 Å². The number of hydrogen-bond acceptors (Lipinski definition) is 8. The van der Waals surface area contributed by atoms with Crippen LogP contribution in [0.1, 0.15) is 120 Å². The molecule has 0 aliphatic carbocycles. The number of nitrogens with zero attached hydrogens (tertiary/aromatic N) is 3. The van der Waals surface area contributed by atoms with Gasteiger partial charge in [-0.05, 0) is 55.3 Å². The van der Waals surface area contributed by atoms with Crippen molar-refractivity contribution in [3.05, 3.63) is 51.5 Å². The number of aliphatic carboxylic acids is 1. The van der Waals surface area contributed by atoms with E-state index in [0.717, 1.165) is 56.0 Å². The van der Waals surface area contributed by atoms with Crippen molar-refractivity contribution in [3.8, 4) is 35.6 Å². The van der Waals surface area contributed by atoms with Gasteiger partial charge >= 0.3 is 5.97 Å². The lowest BCUT2D eigenvalue weighted by Crippen LogP contribution is -1.96. The van der Waals surface area contributed by atoms with E-state index in [0.29, 0.717) is 0 Å². The number of carboxylic acid groups (broad SMARTS) is 1. The monoisotopic (exact) mass is 679 g/mol. The van der Waals surface area contributed by atoms with Crippen molar-refractivity contribution in [2.75, 3.05) is 0 Å². The van der Waals surface area contributed by atoms with E-state index in [9.17, 15) is 15.2 Å². The first-order valence-corrected chi connectivity index (χ1v) is 19.9. The Morgan fingerprint density at radius 1 is 0.756 bits per heavy atom. The number of thiophene rings is 2. The van der Waals surface area contributed by atoms with Crippen molar-refractivity contribution in [1.82, 2.24) is 9.97 Å². The Bertz CT molecular complexity index is 1540. The van der Waals surface area contributed by atoms with Crippen molar-refractivity contribution < 1.29 is 9.90 Å². The maximum Gasteiger partial charge on any atom is 0.346 e. The number of rotatable bonds is 21. The van der Waals surface area contributed by atoms with Crippen LogP contribution in [0, 0.1) is 11.3 Å². The third kappa shape index (κ3) is 10.7. The molecule has 0 aliphatic heterocycles. The molecule has 9 heteroatoms. The van der Waals surface area contributed by atoms with Crippen LogP contribution >= 0.6 is 45.3 Å². The molecule has 0 aromatic carbocycles. The highest BCUT2D eigenvalue weighted by molar-refractivity contribution is 7.28. The molecule has 0 fully saturated rings. The van der Waals surface area contributed by atoms with Crippen LogP contribution in [0.4, 0.5) is 0 Å². The molecule has 0 unspecified atom stereocenters. The van der Waals surface area contributed by atoms with E-state index in [-0.39, 0.29) is 5.57 Å². The summed E-state index contributed by atoms with van der Waals surface area (Å²) in [7, 11) is 0. The highest BCUT2D eigenvalue weighted by Gasteiger charge is 2.21. The van der Waals surface area contributed by atoms with Gasteiger partial charge < -0.3 is 5.11 Å². The number of carbonyl (C=O) groups is 1. The average molecular weight is 680 g/mol. The van der Waals surface area contributed by atoms with Gasteiger partial charge in [-0.3, -0.25) is 0 Å². The molecule has 240 valence electrons. The van der Waals surface area contributed by atoms with Crippen LogP contribution < -0.4 is 0 Å². The standard InChI is InChI=1S/C36H45N3O2S4/c1-3-5-7-9-11-13-15-18-28-32(30-20-17-23-42-30)44-34(38-28)35-39-29(19-16-14-12-10-8-6-4-2)33(45-35)31-22-21-27(43-31)24-26(25-37)36(40)41/h17,20-24H,3-16,18-19H2,1-2H3,(H,40,41)/b26-24+. The zero-order chi connectivity index (χ0) is 31.9. The fraction of sp³-hybridized carbons (Fsp3) is 0.500. The minimum absolute atomic E-state index is 0.255. The van der Waals surface area contributed by atoms with Crippen molar-refractivity contribution in [2.45, 2.75) is 117 Å². The maximum atomic E-state index is 11.4. The second-order valence-electron chi connectivity index (χ2n) is 11.5. The number of carboxylic acids is 1. The molecule has 0 atom stereocenters. The largest absolute Gasteiger partial charge is 0.477 e. The Balaban J connectivity index is 1.57. The molecule has 5 nitrogen and oxygen atoms in total. The van der Waals surface area contributed by atoms with Crippen LogP contribution in [-0.4, -0.2) is 21.0 Å². The van der Waals surface area contributed by atoms with Crippen molar-refractivity contribution in [3.63, 3.8) is 0 Å². The van der Waals surface area contributed by atoms with Crippen LogP contribution in [0.25, 0.3) is 35.6 Å². The van der Waals surface area contributed by atoms with E-state index in [1.165, 1.54) is 110 Å². The minimum Gasteiger partial charge on any atom is -0.477 e. The lowest BCUT2D eigenvalue weighted by Gasteiger charge is -2.02. The summed E-state index contributed by atoms with van der Waals surface area (Å²) in [6.45, 7) is 4.51. The third-order valence-corrected chi connectivity index (χ3v) is 12.4. The Kier molecular flexibility index (Phi) is 15.0. The second kappa shape index (κ2) is 19.1. The topological polar surface area (TPSA) is 86.9 Å². The summed E-state index contributed by atoms with van der Waals surface area (Å²) in [5.41, 5.74) is 2.04. The number of thiazole rings is 2. The molecular formula is C36H45N3O2S4. The van der Waals surface area contributed by atoms with Crippen molar-refractivity contribution >= 4 is 57.4 Å². The Hall–Kier alpha value is -2.64. The first kappa shape index (κ1) is 35.2. The molecule has 4 aromatic rings. The fourth-order valence-electron chi connectivity index (χ4n) is 5.35. The number of unbranched alkanes of at least 4 members (excludes halogenated alkanes) is 12. The molecule has 1 N–H and O–H groups in total. The molecule has 0 spiro atoms. The fourth-order valence-corrected chi connectivity index (χ4v) is 9.55. The lowest BCUT2D eigenvalue weighted by molar-refractivity contribution is -0.132. The molecule has 4 heterocycles. The summed E-state index contributed by atoms with van der Waals surface area (Å²) in [4.78, 5) is 27.3. The first-order chi connectivity index (χ1) is 22.0. The molecular weight excluding hydrogens is 635 g/mol. The average Bonchev–Trinajstić information content (AvgIpc) is 3.85. The Morgan fingerprint density at radius 3 is 1.78 bits per heavy atom. The molecule has 0 saturated heterocycles. The van der Waals surface area contributed by atoms with Gasteiger partial charge in [-0.25, -0.2) is 14.8 Å². The first-order valence-electron chi connectivity index (χ1n) is 16.5. The van der Waals surface area contributed by atoms with E-state index in [1.54, 1.807) is 40.1 Å². The number of aryl methyl sites for hydroxylation is 2. The summed E-state index contributed by atoms with van der Waals surface area (Å²) in [6, 6.07) is 10.0. The number of nitriles is 1. The normalized spacial score (nSPS) is 11.7. The van der Waals surface area contributed by atoms with Gasteiger partial charge in [-0.2, -0.15) is 5.26 Å². The summed E-state index contributed by atoms with van der Waals surface area (Å²) < 4.78 is 0. The molecule has 4 rings (SSSR count). The van der Waals surface area contributed by atoms with Gasteiger partial charge in [0.05, 0.1) is 21.1 Å². The predicted molar refractivity (Wildman–Crippen MR) is 194 cm³/mol.